The van der Waals surface area contributed by atoms with Crippen LogP contribution in [0.1, 0.15) is 32.0 Å². The van der Waals surface area contributed by atoms with Crippen molar-refractivity contribution < 1.29 is 9.90 Å². The summed E-state index contributed by atoms with van der Waals surface area (Å²) in [7, 11) is 0. The third-order valence-corrected chi connectivity index (χ3v) is 3.80. The summed E-state index contributed by atoms with van der Waals surface area (Å²) in [5, 5.41) is 20.6. The van der Waals surface area contributed by atoms with Crippen LogP contribution < -0.4 is 0 Å². The number of carboxylic acid groups (broad SMARTS) is 1. The number of tetrazole rings is 1. The van der Waals surface area contributed by atoms with Gasteiger partial charge in [-0.05, 0) is 16.8 Å². The van der Waals surface area contributed by atoms with Crippen LogP contribution in [0.15, 0.2) is 0 Å². The van der Waals surface area contributed by atoms with E-state index < -0.39 is 5.97 Å². The van der Waals surface area contributed by atoms with Crippen LogP contribution in [0.5, 0.6) is 0 Å². The second-order valence-electron chi connectivity index (χ2n) is 5.43. The Morgan fingerprint density at radius 1 is 1.19 bits per heavy atom. The second kappa shape index (κ2) is 8.04. The lowest BCUT2D eigenvalue weighted by molar-refractivity contribution is -0.137. The van der Waals surface area contributed by atoms with Gasteiger partial charge in [0.15, 0.2) is 5.82 Å². The minimum Gasteiger partial charge on any atom is -0.481 e. The van der Waals surface area contributed by atoms with Crippen LogP contribution in [-0.2, 0) is 17.9 Å². The fourth-order valence-electron chi connectivity index (χ4n) is 2.44. The molecule has 8 nitrogen and oxygen atoms in total. The van der Waals surface area contributed by atoms with E-state index in [1.807, 2.05) is 4.68 Å². The van der Waals surface area contributed by atoms with Crippen molar-refractivity contribution in [2.75, 3.05) is 32.7 Å². The van der Waals surface area contributed by atoms with Gasteiger partial charge in [0.05, 0.1) is 13.0 Å². The number of hydrogen-bond donors (Lipinski definition) is 1. The highest BCUT2D eigenvalue weighted by atomic mass is 16.4. The molecule has 0 atom stereocenters. The van der Waals surface area contributed by atoms with Crippen molar-refractivity contribution in [3.63, 3.8) is 0 Å². The Hall–Kier alpha value is -1.54. The number of piperazine rings is 1. The molecule has 0 radical (unpaired) electrons. The van der Waals surface area contributed by atoms with Crippen molar-refractivity contribution in [1.29, 1.82) is 0 Å². The molecule has 1 fully saturated rings. The first kappa shape index (κ1) is 15.8. The molecule has 2 heterocycles. The van der Waals surface area contributed by atoms with Crippen molar-refractivity contribution in [1.82, 2.24) is 30.0 Å². The Morgan fingerprint density at radius 3 is 2.57 bits per heavy atom. The normalized spacial score (nSPS) is 17.2. The first-order valence-electron chi connectivity index (χ1n) is 7.60. The highest BCUT2D eigenvalue weighted by molar-refractivity contribution is 5.66. The number of aliphatic carboxylic acids is 1. The van der Waals surface area contributed by atoms with Gasteiger partial charge in [0.2, 0.25) is 0 Å². The largest absolute Gasteiger partial charge is 0.481 e. The lowest BCUT2D eigenvalue weighted by Gasteiger charge is -2.33. The number of unbranched alkanes of at least 4 members (excludes halogenated alkanes) is 1. The molecular weight excluding hydrogens is 272 g/mol. The molecule has 0 saturated carbocycles. The molecule has 1 aromatic rings. The van der Waals surface area contributed by atoms with Gasteiger partial charge in [-0.2, -0.15) is 0 Å². The van der Waals surface area contributed by atoms with Crippen molar-refractivity contribution >= 4 is 5.97 Å². The number of nitrogens with zero attached hydrogens (tertiary/aromatic N) is 6. The number of aromatic nitrogens is 4. The number of aryl methyl sites for hydroxylation is 1. The molecule has 0 aliphatic carbocycles. The van der Waals surface area contributed by atoms with Crippen LogP contribution in [0.2, 0.25) is 0 Å². The van der Waals surface area contributed by atoms with Crippen molar-refractivity contribution in [3.05, 3.63) is 5.82 Å². The maximum atomic E-state index is 10.6. The topological polar surface area (TPSA) is 87.4 Å². The van der Waals surface area contributed by atoms with Gasteiger partial charge in [-0.1, -0.05) is 13.3 Å². The lowest BCUT2D eigenvalue weighted by atomic mass is 10.3. The highest BCUT2D eigenvalue weighted by Crippen LogP contribution is 2.07. The standard InChI is InChI=1S/C13H24N6O2/c1-2-3-5-19-12(14-15-16-19)11-18-9-7-17(8-10-18)6-4-13(20)21/h2-11H2,1H3,(H,20,21). The summed E-state index contributed by atoms with van der Waals surface area (Å²) in [6, 6.07) is 0. The van der Waals surface area contributed by atoms with E-state index in [4.69, 9.17) is 5.11 Å². The van der Waals surface area contributed by atoms with E-state index in [2.05, 4.69) is 32.2 Å². The van der Waals surface area contributed by atoms with Gasteiger partial charge in [-0.15, -0.1) is 5.10 Å². The number of hydrogen-bond acceptors (Lipinski definition) is 6. The fourth-order valence-corrected chi connectivity index (χ4v) is 2.44. The third-order valence-electron chi connectivity index (χ3n) is 3.80. The quantitative estimate of drug-likeness (QED) is 0.726. The molecule has 1 saturated heterocycles. The Morgan fingerprint density at radius 2 is 1.90 bits per heavy atom. The van der Waals surface area contributed by atoms with E-state index in [1.54, 1.807) is 0 Å². The summed E-state index contributed by atoms with van der Waals surface area (Å²) in [6.45, 7) is 8.10. The maximum absolute atomic E-state index is 10.6. The van der Waals surface area contributed by atoms with Crippen LogP contribution in [0.25, 0.3) is 0 Å². The van der Waals surface area contributed by atoms with Crippen LogP contribution in [0.3, 0.4) is 0 Å². The zero-order chi connectivity index (χ0) is 15.1. The number of rotatable bonds is 8. The second-order valence-corrected chi connectivity index (χ2v) is 5.43. The molecule has 0 spiro atoms. The maximum Gasteiger partial charge on any atom is 0.304 e. The monoisotopic (exact) mass is 296 g/mol. The average molecular weight is 296 g/mol. The van der Waals surface area contributed by atoms with Crippen LogP contribution in [0.4, 0.5) is 0 Å². The molecule has 1 aliphatic rings. The first-order valence-corrected chi connectivity index (χ1v) is 7.60. The molecule has 2 rings (SSSR count). The Bertz CT molecular complexity index is 442. The molecule has 8 heteroatoms. The van der Waals surface area contributed by atoms with Crippen molar-refractivity contribution in [2.45, 2.75) is 39.3 Å². The molecule has 0 aromatic carbocycles. The molecule has 21 heavy (non-hydrogen) atoms. The van der Waals surface area contributed by atoms with Gasteiger partial charge in [0.25, 0.3) is 0 Å². The fraction of sp³-hybridized carbons (Fsp3) is 0.846. The van der Waals surface area contributed by atoms with E-state index in [1.165, 1.54) is 0 Å². The number of carbonyl (C=O) groups is 1. The summed E-state index contributed by atoms with van der Waals surface area (Å²) < 4.78 is 1.89. The molecule has 1 aromatic heterocycles. The summed E-state index contributed by atoms with van der Waals surface area (Å²) in [5.74, 6) is 0.190. The lowest BCUT2D eigenvalue weighted by Crippen LogP contribution is -2.46. The Kier molecular flexibility index (Phi) is 6.06. The first-order chi connectivity index (χ1) is 10.2. The molecule has 0 bridgehead atoms. The molecule has 0 unspecified atom stereocenters. The third kappa shape index (κ3) is 5.05. The SMILES string of the molecule is CCCCn1nnnc1CN1CCN(CCC(=O)O)CC1. The van der Waals surface area contributed by atoms with E-state index in [0.29, 0.717) is 6.54 Å². The predicted molar refractivity (Wildman–Crippen MR) is 76.7 cm³/mol. The van der Waals surface area contributed by atoms with E-state index in [-0.39, 0.29) is 6.42 Å². The van der Waals surface area contributed by atoms with Gasteiger partial charge >= 0.3 is 5.97 Å². The van der Waals surface area contributed by atoms with Crippen LogP contribution in [0, 0.1) is 0 Å². The van der Waals surface area contributed by atoms with Crippen molar-refractivity contribution in [3.8, 4) is 0 Å². The summed E-state index contributed by atoms with van der Waals surface area (Å²) in [4.78, 5) is 15.1. The minimum atomic E-state index is -0.729. The van der Waals surface area contributed by atoms with Gasteiger partial charge in [0.1, 0.15) is 0 Å². The zero-order valence-electron chi connectivity index (χ0n) is 12.6. The van der Waals surface area contributed by atoms with Gasteiger partial charge in [-0.25, -0.2) is 4.68 Å². The van der Waals surface area contributed by atoms with Gasteiger partial charge in [0, 0.05) is 39.3 Å². The predicted octanol–water partition coefficient (Wildman–Crippen LogP) is 0.0655. The van der Waals surface area contributed by atoms with E-state index in [9.17, 15) is 4.79 Å². The van der Waals surface area contributed by atoms with E-state index >= 15 is 0 Å². The summed E-state index contributed by atoms with van der Waals surface area (Å²) >= 11 is 0. The molecule has 1 N–H and O–H groups in total. The van der Waals surface area contributed by atoms with Gasteiger partial charge in [-0.3, -0.25) is 9.69 Å². The smallest absolute Gasteiger partial charge is 0.304 e. The highest BCUT2D eigenvalue weighted by Gasteiger charge is 2.19. The van der Waals surface area contributed by atoms with Crippen LogP contribution in [-0.4, -0.2) is 73.8 Å². The summed E-state index contributed by atoms with van der Waals surface area (Å²) in [5.41, 5.74) is 0. The van der Waals surface area contributed by atoms with Gasteiger partial charge < -0.3 is 10.0 Å². The Balaban J connectivity index is 1.75. The minimum absolute atomic E-state index is 0.218. The average Bonchev–Trinajstić information content (AvgIpc) is 2.91. The molecule has 0 amide bonds. The van der Waals surface area contributed by atoms with E-state index in [0.717, 1.165) is 57.9 Å². The molecular formula is C13H24N6O2. The zero-order valence-corrected chi connectivity index (χ0v) is 12.6. The number of carboxylic acids is 1. The van der Waals surface area contributed by atoms with Crippen molar-refractivity contribution in [2.24, 2.45) is 0 Å². The summed E-state index contributed by atoms with van der Waals surface area (Å²) in [6.07, 6.45) is 2.43. The molecule has 118 valence electrons. The van der Waals surface area contributed by atoms with Crippen LogP contribution >= 0.6 is 0 Å². The molecule has 1 aliphatic heterocycles. The Labute approximate surface area is 124 Å².